The molecule has 1 amide bonds. The molecule has 2 rings (SSSR count). The summed E-state index contributed by atoms with van der Waals surface area (Å²) in [6.07, 6.45) is 3.11. The van der Waals surface area contributed by atoms with E-state index in [4.69, 9.17) is 5.11 Å². The second-order valence-corrected chi connectivity index (χ2v) is 4.75. The van der Waals surface area contributed by atoms with E-state index in [0.717, 1.165) is 25.6 Å². The van der Waals surface area contributed by atoms with Crippen molar-refractivity contribution in [3.05, 3.63) is 32.6 Å². The van der Waals surface area contributed by atoms with Crippen LogP contribution >= 0.6 is 0 Å². The van der Waals surface area contributed by atoms with Crippen LogP contribution in [0.1, 0.15) is 23.2 Å². The van der Waals surface area contributed by atoms with Crippen LogP contribution in [-0.4, -0.2) is 58.2 Å². The number of H-pyrrole nitrogens is 2. The molecule has 1 aliphatic rings. The third-order valence-corrected chi connectivity index (χ3v) is 3.31. The largest absolute Gasteiger partial charge is 0.395 e. The summed E-state index contributed by atoms with van der Waals surface area (Å²) in [6.45, 7) is 1.30. The van der Waals surface area contributed by atoms with Crippen LogP contribution < -0.4 is 16.6 Å². The third kappa shape index (κ3) is 3.34. The predicted octanol–water partition coefficient (Wildman–Crippen LogP) is -1.75. The Morgan fingerprint density at radius 2 is 2.25 bits per heavy atom. The zero-order valence-electron chi connectivity index (χ0n) is 11.0. The minimum Gasteiger partial charge on any atom is -0.395 e. The zero-order chi connectivity index (χ0) is 14.5. The van der Waals surface area contributed by atoms with E-state index < -0.39 is 17.2 Å². The summed E-state index contributed by atoms with van der Waals surface area (Å²) in [5.74, 6) is -0.495. The number of aliphatic hydroxyl groups excluding tert-OH is 1. The van der Waals surface area contributed by atoms with Gasteiger partial charge in [0.2, 0.25) is 0 Å². The van der Waals surface area contributed by atoms with E-state index in [1.165, 1.54) is 4.90 Å². The number of hydrogen-bond acceptors (Lipinski definition) is 5. The lowest BCUT2D eigenvalue weighted by molar-refractivity contribution is 0.0704. The average molecular weight is 282 g/mol. The number of nitrogens with zero attached hydrogens (tertiary/aromatic N) is 1. The molecule has 0 bridgehead atoms. The molecule has 0 aromatic carbocycles. The van der Waals surface area contributed by atoms with Gasteiger partial charge >= 0.3 is 5.69 Å². The molecule has 0 radical (unpaired) electrons. The Morgan fingerprint density at radius 3 is 2.85 bits per heavy atom. The van der Waals surface area contributed by atoms with Gasteiger partial charge < -0.3 is 20.3 Å². The molecule has 1 aromatic heterocycles. The topological polar surface area (TPSA) is 118 Å². The maximum Gasteiger partial charge on any atom is 0.325 e. The molecule has 0 saturated carbocycles. The first-order chi connectivity index (χ1) is 9.61. The van der Waals surface area contributed by atoms with E-state index in [0.29, 0.717) is 6.54 Å². The average Bonchev–Trinajstić information content (AvgIpc) is 2.90. The number of aromatic amines is 2. The van der Waals surface area contributed by atoms with Gasteiger partial charge in [0.25, 0.3) is 11.5 Å². The zero-order valence-corrected chi connectivity index (χ0v) is 11.0. The van der Waals surface area contributed by atoms with E-state index >= 15 is 0 Å². The first kappa shape index (κ1) is 14.5. The molecule has 2 heterocycles. The maximum atomic E-state index is 12.3. The molecule has 8 heteroatoms. The lowest BCUT2D eigenvalue weighted by Gasteiger charge is -2.24. The number of hydrogen-bond donors (Lipinski definition) is 4. The molecule has 8 nitrogen and oxygen atoms in total. The van der Waals surface area contributed by atoms with Crippen molar-refractivity contribution >= 4 is 5.91 Å². The van der Waals surface area contributed by atoms with Crippen LogP contribution in [0.2, 0.25) is 0 Å². The first-order valence-electron chi connectivity index (χ1n) is 6.57. The van der Waals surface area contributed by atoms with Crippen LogP contribution in [0.15, 0.2) is 15.8 Å². The van der Waals surface area contributed by atoms with Crippen molar-refractivity contribution in [2.75, 3.05) is 26.2 Å². The molecule has 1 aromatic rings. The summed E-state index contributed by atoms with van der Waals surface area (Å²) in [5.41, 5.74) is -1.50. The van der Waals surface area contributed by atoms with Crippen LogP contribution in [-0.2, 0) is 0 Å². The van der Waals surface area contributed by atoms with Crippen molar-refractivity contribution in [1.29, 1.82) is 0 Å². The van der Waals surface area contributed by atoms with E-state index in [2.05, 4.69) is 10.3 Å². The van der Waals surface area contributed by atoms with Crippen LogP contribution in [0.3, 0.4) is 0 Å². The van der Waals surface area contributed by atoms with Gasteiger partial charge in [-0.25, -0.2) is 4.79 Å². The number of nitrogens with one attached hydrogen (secondary N) is 3. The van der Waals surface area contributed by atoms with Gasteiger partial charge in [0.1, 0.15) is 5.56 Å². The van der Waals surface area contributed by atoms with Gasteiger partial charge in [0, 0.05) is 25.3 Å². The maximum absolute atomic E-state index is 12.3. The summed E-state index contributed by atoms with van der Waals surface area (Å²) < 4.78 is 0. The Hall–Kier alpha value is -1.93. The van der Waals surface area contributed by atoms with Gasteiger partial charge in [-0.05, 0) is 19.4 Å². The van der Waals surface area contributed by atoms with Crippen molar-refractivity contribution in [2.45, 2.75) is 18.9 Å². The summed E-state index contributed by atoms with van der Waals surface area (Å²) in [5, 5.41) is 12.3. The summed E-state index contributed by atoms with van der Waals surface area (Å²) in [7, 11) is 0. The standard InChI is InChI=1S/C12H18N4O4/c17-5-4-16(7-8-2-1-3-13-8)11(19)9-6-14-12(20)15-10(9)18/h6,8,13,17H,1-5,7H2,(H2,14,15,18,20). The molecule has 1 atom stereocenters. The van der Waals surface area contributed by atoms with Gasteiger partial charge in [-0.15, -0.1) is 0 Å². The fraction of sp³-hybridized carbons (Fsp3) is 0.583. The molecular formula is C12H18N4O4. The Morgan fingerprint density at radius 1 is 1.45 bits per heavy atom. The Bertz CT molecular complexity index is 573. The number of carbonyl (C=O) groups is 1. The van der Waals surface area contributed by atoms with Crippen LogP contribution in [0.4, 0.5) is 0 Å². The monoisotopic (exact) mass is 282 g/mol. The smallest absolute Gasteiger partial charge is 0.325 e. The number of aromatic nitrogens is 2. The summed E-state index contributed by atoms with van der Waals surface area (Å²) in [4.78, 5) is 40.6. The second kappa shape index (κ2) is 6.49. The Labute approximate surface area is 114 Å². The molecule has 1 fully saturated rings. The minimum atomic E-state index is -0.721. The van der Waals surface area contributed by atoms with Crippen molar-refractivity contribution in [3.8, 4) is 0 Å². The third-order valence-electron chi connectivity index (χ3n) is 3.31. The quantitative estimate of drug-likeness (QED) is 0.511. The molecule has 0 aliphatic carbocycles. The molecule has 110 valence electrons. The van der Waals surface area contributed by atoms with Gasteiger partial charge in [0.05, 0.1) is 6.61 Å². The van der Waals surface area contributed by atoms with E-state index in [1.54, 1.807) is 0 Å². The molecule has 4 N–H and O–H groups in total. The SMILES string of the molecule is O=C(c1c[nH]c(=O)[nH]c1=O)N(CCO)CC1CCCN1. The van der Waals surface area contributed by atoms with Crippen LogP contribution in [0.25, 0.3) is 0 Å². The highest BCUT2D eigenvalue weighted by atomic mass is 16.3. The van der Waals surface area contributed by atoms with Crippen LogP contribution in [0.5, 0.6) is 0 Å². The highest BCUT2D eigenvalue weighted by Gasteiger charge is 2.23. The van der Waals surface area contributed by atoms with Gasteiger partial charge in [-0.3, -0.25) is 14.6 Å². The molecule has 1 aliphatic heterocycles. The highest BCUT2D eigenvalue weighted by molar-refractivity contribution is 5.93. The van der Waals surface area contributed by atoms with Crippen molar-refractivity contribution in [3.63, 3.8) is 0 Å². The number of carbonyl (C=O) groups excluding carboxylic acids is 1. The van der Waals surface area contributed by atoms with Gasteiger partial charge in [-0.2, -0.15) is 0 Å². The van der Waals surface area contributed by atoms with Crippen molar-refractivity contribution < 1.29 is 9.90 Å². The van der Waals surface area contributed by atoms with E-state index in [-0.39, 0.29) is 24.8 Å². The van der Waals surface area contributed by atoms with E-state index in [9.17, 15) is 14.4 Å². The lowest BCUT2D eigenvalue weighted by Crippen LogP contribution is -2.44. The highest BCUT2D eigenvalue weighted by Crippen LogP contribution is 2.08. The Balaban J connectivity index is 2.16. The normalized spacial score (nSPS) is 18.1. The summed E-state index contributed by atoms with van der Waals surface area (Å²) >= 11 is 0. The molecule has 20 heavy (non-hydrogen) atoms. The fourth-order valence-corrected chi connectivity index (χ4v) is 2.31. The summed E-state index contributed by atoms with van der Waals surface area (Å²) in [6, 6.07) is 0.173. The Kier molecular flexibility index (Phi) is 4.70. The number of rotatable bonds is 5. The molecule has 1 saturated heterocycles. The van der Waals surface area contributed by atoms with Crippen LogP contribution in [0, 0.1) is 0 Å². The van der Waals surface area contributed by atoms with Gasteiger partial charge in [-0.1, -0.05) is 0 Å². The van der Waals surface area contributed by atoms with Gasteiger partial charge in [0.15, 0.2) is 0 Å². The lowest BCUT2D eigenvalue weighted by atomic mass is 10.2. The fourth-order valence-electron chi connectivity index (χ4n) is 2.31. The first-order valence-corrected chi connectivity index (χ1v) is 6.57. The molecule has 0 spiro atoms. The van der Waals surface area contributed by atoms with Crippen molar-refractivity contribution in [2.24, 2.45) is 0 Å². The number of aliphatic hydroxyl groups is 1. The minimum absolute atomic E-state index is 0.129. The molecule has 1 unspecified atom stereocenters. The predicted molar refractivity (Wildman–Crippen MR) is 71.7 cm³/mol. The van der Waals surface area contributed by atoms with E-state index in [1.807, 2.05) is 4.98 Å². The second-order valence-electron chi connectivity index (χ2n) is 4.75. The van der Waals surface area contributed by atoms with Crippen molar-refractivity contribution in [1.82, 2.24) is 20.2 Å². The molecular weight excluding hydrogens is 264 g/mol. The number of amides is 1.